The maximum atomic E-state index is 13.6. The van der Waals surface area contributed by atoms with E-state index in [4.69, 9.17) is 0 Å². The van der Waals surface area contributed by atoms with Crippen LogP contribution in [0.1, 0.15) is 10.4 Å². The van der Waals surface area contributed by atoms with Gasteiger partial charge in [-0.15, -0.1) is 12.6 Å². The molecule has 19 heavy (non-hydrogen) atoms. The summed E-state index contributed by atoms with van der Waals surface area (Å²) in [4.78, 5) is 12.5. The molecular weight excluding hydrogens is 336 g/mol. The van der Waals surface area contributed by atoms with Crippen molar-refractivity contribution in [2.45, 2.75) is 4.90 Å². The molecule has 0 heterocycles. The SMILES string of the molecule is O=C(Nc1c(F)cc(Br)cc1F)c1ccc(S)cc1. The third-order valence-corrected chi connectivity index (χ3v) is 3.13. The van der Waals surface area contributed by atoms with Crippen LogP contribution in [0.4, 0.5) is 14.5 Å². The number of halogens is 3. The van der Waals surface area contributed by atoms with Crippen molar-refractivity contribution in [3.05, 3.63) is 58.1 Å². The predicted octanol–water partition coefficient (Wildman–Crippen LogP) is 4.27. The zero-order valence-corrected chi connectivity index (χ0v) is 11.9. The molecule has 1 N–H and O–H groups in total. The molecule has 0 aliphatic carbocycles. The third-order valence-electron chi connectivity index (χ3n) is 2.37. The Balaban J connectivity index is 2.26. The smallest absolute Gasteiger partial charge is 0.255 e. The normalized spacial score (nSPS) is 10.3. The number of hydrogen-bond acceptors (Lipinski definition) is 2. The quantitative estimate of drug-likeness (QED) is 0.783. The largest absolute Gasteiger partial charge is 0.317 e. The Labute approximate surface area is 122 Å². The highest BCUT2D eigenvalue weighted by Crippen LogP contribution is 2.24. The number of carbonyl (C=O) groups is 1. The fourth-order valence-corrected chi connectivity index (χ4v) is 2.01. The van der Waals surface area contributed by atoms with Gasteiger partial charge in [0.1, 0.15) is 5.69 Å². The van der Waals surface area contributed by atoms with E-state index in [1.165, 1.54) is 12.1 Å². The van der Waals surface area contributed by atoms with Crippen LogP contribution >= 0.6 is 28.6 Å². The van der Waals surface area contributed by atoms with Gasteiger partial charge in [0.25, 0.3) is 5.91 Å². The predicted molar refractivity (Wildman–Crippen MR) is 75.7 cm³/mol. The summed E-state index contributed by atoms with van der Waals surface area (Å²) in [5.74, 6) is -2.27. The van der Waals surface area contributed by atoms with Gasteiger partial charge in [-0.25, -0.2) is 8.78 Å². The maximum absolute atomic E-state index is 13.6. The summed E-state index contributed by atoms with van der Waals surface area (Å²) in [5, 5.41) is 2.21. The monoisotopic (exact) mass is 343 g/mol. The molecule has 0 aliphatic rings. The Kier molecular flexibility index (Phi) is 4.21. The molecule has 0 saturated carbocycles. The molecular formula is C13H8BrF2NOS. The number of hydrogen-bond donors (Lipinski definition) is 2. The second-order valence-corrected chi connectivity index (χ2v) is 5.18. The molecule has 2 aromatic carbocycles. The minimum Gasteiger partial charge on any atom is -0.317 e. The van der Waals surface area contributed by atoms with Crippen LogP contribution < -0.4 is 5.32 Å². The van der Waals surface area contributed by atoms with E-state index >= 15 is 0 Å². The molecule has 1 amide bonds. The van der Waals surface area contributed by atoms with Crippen LogP contribution in [0.25, 0.3) is 0 Å². The molecule has 6 heteroatoms. The number of anilines is 1. The van der Waals surface area contributed by atoms with Crippen molar-refractivity contribution in [2.24, 2.45) is 0 Å². The minimum atomic E-state index is -0.842. The number of nitrogens with one attached hydrogen (secondary N) is 1. The molecule has 0 unspecified atom stereocenters. The van der Waals surface area contributed by atoms with E-state index in [0.29, 0.717) is 10.5 Å². The second kappa shape index (κ2) is 5.71. The van der Waals surface area contributed by atoms with Crippen LogP contribution in [0.3, 0.4) is 0 Å². The standard InChI is InChI=1S/C13H8BrF2NOS/c14-8-5-10(15)12(11(16)6-8)17-13(18)7-1-3-9(19)4-2-7/h1-6,19H,(H,17,18). The first-order chi connectivity index (χ1) is 8.97. The van der Waals surface area contributed by atoms with Crippen molar-refractivity contribution in [3.8, 4) is 0 Å². The van der Waals surface area contributed by atoms with Gasteiger partial charge in [-0.1, -0.05) is 15.9 Å². The van der Waals surface area contributed by atoms with E-state index in [1.54, 1.807) is 12.1 Å². The van der Waals surface area contributed by atoms with E-state index in [2.05, 4.69) is 33.9 Å². The first-order valence-corrected chi connectivity index (χ1v) is 6.46. The first kappa shape index (κ1) is 14.0. The lowest BCUT2D eigenvalue weighted by Gasteiger charge is -2.08. The Morgan fingerprint density at radius 2 is 1.63 bits per heavy atom. The Morgan fingerprint density at radius 3 is 2.16 bits per heavy atom. The maximum Gasteiger partial charge on any atom is 0.255 e. The molecule has 2 aromatic rings. The topological polar surface area (TPSA) is 29.1 Å². The van der Waals surface area contributed by atoms with Crippen molar-refractivity contribution in [2.75, 3.05) is 5.32 Å². The van der Waals surface area contributed by atoms with Gasteiger partial charge in [0, 0.05) is 14.9 Å². The second-order valence-electron chi connectivity index (χ2n) is 3.75. The lowest BCUT2D eigenvalue weighted by Crippen LogP contribution is -2.14. The van der Waals surface area contributed by atoms with Crippen LogP contribution in [-0.2, 0) is 0 Å². The fraction of sp³-hybridized carbons (Fsp3) is 0. The number of benzene rings is 2. The molecule has 0 bridgehead atoms. The number of rotatable bonds is 2. The minimum absolute atomic E-state index is 0.264. The van der Waals surface area contributed by atoms with Gasteiger partial charge >= 0.3 is 0 Å². The highest BCUT2D eigenvalue weighted by Gasteiger charge is 2.14. The van der Waals surface area contributed by atoms with E-state index < -0.39 is 23.2 Å². The molecule has 0 spiro atoms. The van der Waals surface area contributed by atoms with Gasteiger partial charge in [-0.3, -0.25) is 4.79 Å². The van der Waals surface area contributed by atoms with Crippen LogP contribution in [0.2, 0.25) is 0 Å². The zero-order valence-electron chi connectivity index (χ0n) is 9.45. The van der Waals surface area contributed by atoms with Gasteiger partial charge in [0.15, 0.2) is 11.6 Å². The average molecular weight is 344 g/mol. The number of thiol groups is 1. The molecule has 0 aliphatic heterocycles. The number of amides is 1. The fourth-order valence-electron chi connectivity index (χ4n) is 1.46. The molecule has 0 radical (unpaired) electrons. The lowest BCUT2D eigenvalue weighted by atomic mass is 10.2. The van der Waals surface area contributed by atoms with Crippen molar-refractivity contribution < 1.29 is 13.6 Å². The van der Waals surface area contributed by atoms with Gasteiger partial charge < -0.3 is 5.32 Å². The van der Waals surface area contributed by atoms with E-state index in [0.717, 1.165) is 12.1 Å². The lowest BCUT2D eigenvalue weighted by molar-refractivity contribution is 0.102. The molecule has 0 atom stereocenters. The van der Waals surface area contributed by atoms with Gasteiger partial charge in [-0.05, 0) is 36.4 Å². The molecule has 2 nitrogen and oxygen atoms in total. The van der Waals surface area contributed by atoms with Gasteiger partial charge in [0.2, 0.25) is 0 Å². The van der Waals surface area contributed by atoms with Crippen molar-refractivity contribution >= 4 is 40.2 Å². The molecule has 0 saturated heterocycles. The molecule has 98 valence electrons. The summed E-state index contributed by atoms with van der Waals surface area (Å²) in [7, 11) is 0. The molecule has 0 aromatic heterocycles. The van der Waals surface area contributed by atoms with Crippen LogP contribution in [0.5, 0.6) is 0 Å². The summed E-state index contributed by atoms with van der Waals surface area (Å²) >= 11 is 7.05. The van der Waals surface area contributed by atoms with Crippen molar-refractivity contribution in [1.29, 1.82) is 0 Å². The summed E-state index contributed by atoms with van der Waals surface area (Å²) in [5.41, 5.74) is -0.178. The van der Waals surface area contributed by atoms with Gasteiger partial charge in [0.05, 0.1) is 0 Å². The summed E-state index contributed by atoms with van der Waals surface area (Å²) < 4.78 is 27.4. The molecule has 2 rings (SSSR count). The Hall–Kier alpha value is -1.40. The summed E-state index contributed by atoms with van der Waals surface area (Å²) in [6.07, 6.45) is 0. The highest BCUT2D eigenvalue weighted by atomic mass is 79.9. The Bertz CT molecular complexity index is 608. The molecule has 0 fully saturated rings. The highest BCUT2D eigenvalue weighted by molar-refractivity contribution is 9.10. The number of carbonyl (C=O) groups excluding carboxylic acids is 1. The van der Waals surface area contributed by atoms with E-state index in [9.17, 15) is 13.6 Å². The van der Waals surface area contributed by atoms with E-state index in [1.807, 2.05) is 0 Å². The van der Waals surface area contributed by atoms with Crippen molar-refractivity contribution in [3.63, 3.8) is 0 Å². The van der Waals surface area contributed by atoms with E-state index in [-0.39, 0.29) is 4.47 Å². The van der Waals surface area contributed by atoms with Gasteiger partial charge in [-0.2, -0.15) is 0 Å². The van der Waals surface area contributed by atoms with Crippen LogP contribution in [0.15, 0.2) is 45.8 Å². The zero-order chi connectivity index (χ0) is 14.0. The first-order valence-electron chi connectivity index (χ1n) is 5.22. The third kappa shape index (κ3) is 3.33. The Morgan fingerprint density at radius 1 is 1.11 bits per heavy atom. The average Bonchev–Trinajstić information content (AvgIpc) is 2.34. The van der Waals surface area contributed by atoms with Crippen LogP contribution in [0, 0.1) is 11.6 Å². The van der Waals surface area contributed by atoms with Crippen LogP contribution in [-0.4, -0.2) is 5.91 Å². The summed E-state index contributed by atoms with van der Waals surface area (Å²) in [6.45, 7) is 0. The summed E-state index contributed by atoms with van der Waals surface area (Å²) in [6, 6.07) is 8.43. The van der Waals surface area contributed by atoms with Crippen molar-refractivity contribution in [1.82, 2.24) is 0 Å².